The van der Waals surface area contributed by atoms with Crippen LogP contribution in [0.15, 0.2) is 24.4 Å². The van der Waals surface area contributed by atoms with Crippen molar-refractivity contribution in [3.8, 4) is 22.6 Å². The van der Waals surface area contributed by atoms with E-state index in [0.717, 1.165) is 0 Å². The third kappa shape index (κ3) is 4.99. The molecule has 1 amide bonds. The van der Waals surface area contributed by atoms with E-state index < -0.39 is 5.82 Å². The van der Waals surface area contributed by atoms with Gasteiger partial charge in [-0.05, 0) is 43.9 Å². The molecule has 0 spiro atoms. The zero-order valence-electron chi connectivity index (χ0n) is 20.5. The van der Waals surface area contributed by atoms with Gasteiger partial charge in [-0.1, -0.05) is 20.8 Å². The standard InChI is InChI=1S/C25H31FN4O4/c1-24(2,3)12-19(31)28-22-17-11-15(16-7-8-18-21(20(16)26)34-14-33-18)13-27-23(17)30(29-22)10-9-25(4,5)32-6/h7-8,11,13H,9-10,12,14H2,1-6H3,(H,28,29,31). The zero-order valence-corrected chi connectivity index (χ0v) is 20.5. The normalized spacial score (nSPS) is 13.5. The van der Waals surface area contributed by atoms with Gasteiger partial charge < -0.3 is 19.5 Å². The Morgan fingerprint density at radius 1 is 1.24 bits per heavy atom. The minimum absolute atomic E-state index is 0.0124. The first kappa shape index (κ1) is 23.9. The van der Waals surface area contributed by atoms with Gasteiger partial charge in [0.15, 0.2) is 23.0 Å². The number of rotatable bonds is 7. The Hall–Kier alpha value is -3.20. The Labute approximate surface area is 198 Å². The summed E-state index contributed by atoms with van der Waals surface area (Å²) in [6, 6.07) is 5.10. The number of aromatic nitrogens is 3. The van der Waals surface area contributed by atoms with Crippen molar-refractivity contribution >= 4 is 22.8 Å². The Balaban J connectivity index is 1.75. The molecule has 1 N–H and O–H groups in total. The number of nitrogens with zero attached hydrogens (tertiary/aromatic N) is 3. The molecule has 34 heavy (non-hydrogen) atoms. The SMILES string of the molecule is COC(C)(C)CCn1nc(NC(=O)CC(C)(C)C)c2cc(-c3ccc4c(c3F)OCO4)cnc21. The smallest absolute Gasteiger partial charge is 0.231 e. The number of benzene rings is 1. The minimum Gasteiger partial charge on any atom is -0.453 e. The monoisotopic (exact) mass is 470 g/mol. The molecule has 9 heteroatoms. The highest BCUT2D eigenvalue weighted by atomic mass is 19.1. The maximum absolute atomic E-state index is 15.1. The number of carbonyl (C=O) groups is 1. The maximum Gasteiger partial charge on any atom is 0.231 e. The molecule has 1 aromatic carbocycles. The van der Waals surface area contributed by atoms with Gasteiger partial charge in [0.1, 0.15) is 0 Å². The third-order valence-electron chi connectivity index (χ3n) is 5.80. The molecule has 0 unspecified atom stereocenters. The number of nitrogens with one attached hydrogen (secondary N) is 1. The number of halogens is 1. The summed E-state index contributed by atoms with van der Waals surface area (Å²) < 4.78 is 32.9. The summed E-state index contributed by atoms with van der Waals surface area (Å²) in [5.41, 5.74) is 0.959. The second kappa shape index (κ2) is 8.87. The number of hydrogen-bond acceptors (Lipinski definition) is 6. The topological polar surface area (TPSA) is 87.5 Å². The summed E-state index contributed by atoms with van der Waals surface area (Å²) in [4.78, 5) is 17.3. The number of carbonyl (C=O) groups excluding carboxylic acids is 1. The van der Waals surface area contributed by atoms with Crippen molar-refractivity contribution in [3.63, 3.8) is 0 Å². The first-order valence-electron chi connectivity index (χ1n) is 11.3. The quantitative estimate of drug-likeness (QED) is 0.514. The van der Waals surface area contributed by atoms with E-state index in [0.29, 0.717) is 53.1 Å². The highest BCUT2D eigenvalue weighted by Gasteiger charge is 2.24. The minimum atomic E-state index is -0.510. The lowest BCUT2D eigenvalue weighted by molar-refractivity contribution is -0.117. The summed E-state index contributed by atoms with van der Waals surface area (Å²) in [6.07, 6.45) is 2.63. The molecular weight excluding hydrogens is 439 g/mol. The molecule has 0 saturated heterocycles. The Kier molecular flexibility index (Phi) is 6.24. The predicted molar refractivity (Wildman–Crippen MR) is 127 cm³/mol. The van der Waals surface area contributed by atoms with E-state index in [-0.39, 0.29) is 29.5 Å². The van der Waals surface area contributed by atoms with Crippen LogP contribution < -0.4 is 14.8 Å². The fourth-order valence-corrected chi connectivity index (χ4v) is 3.75. The van der Waals surface area contributed by atoms with Crippen LogP contribution in [-0.2, 0) is 16.1 Å². The van der Waals surface area contributed by atoms with E-state index in [1.165, 1.54) is 0 Å². The molecule has 0 saturated carbocycles. The van der Waals surface area contributed by atoms with Gasteiger partial charge in [0.2, 0.25) is 18.4 Å². The average molecular weight is 471 g/mol. The molecule has 0 bridgehead atoms. The number of amides is 1. The molecule has 3 heterocycles. The van der Waals surface area contributed by atoms with Gasteiger partial charge in [-0.25, -0.2) is 14.1 Å². The molecule has 0 aliphatic carbocycles. The number of ether oxygens (including phenoxy) is 3. The average Bonchev–Trinajstić information content (AvgIpc) is 3.36. The van der Waals surface area contributed by atoms with Crippen LogP contribution in [0, 0.1) is 11.2 Å². The van der Waals surface area contributed by atoms with Gasteiger partial charge in [-0.2, -0.15) is 5.10 Å². The van der Waals surface area contributed by atoms with E-state index in [2.05, 4.69) is 15.4 Å². The molecule has 8 nitrogen and oxygen atoms in total. The van der Waals surface area contributed by atoms with Crippen LogP contribution in [0.3, 0.4) is 0 Å². The van der Waals surface area contributed by atoms with Gasteiger partial charge in [0.25, 0.3) is 0 Å². The molecule has 0 radical (unpaired) electrons. The van der Waals surface area contributed by atoms with E-state index in [4.69, 9.17) is 14.2 Å². The molecule has 182 valence electrons. The lowest BCUT2D eigenvalue weighted by Gasteiger charge is -2.22. The summed E-state index contributed by atoms with van der Waals surface area (Å²) in [6.45, 7) is 10.5. The van der Waals surface area contributed by atoms with E-state index in [1.807, 2.05) is 34.6 Å². The van der Waals surface area contributed by atoms with Crippen LogP contribution in [0.4, 0.5) is 10.2 Å². The number of hydrogen-bond donors (Lipinski definition) is 1. The van der Waals surface area contributed by atoms with Crippen LogP contribution in [-0.4, -0.2) is 40.2 Å². The molecule has 3 aromatic rings. The number of fused-ring (bicyclic) bond motifs is 2. The summed E-state index contributed by atoms with van der Waals surface area (Å²) in [5.74, 6) is 0.211. The highest BCUT2D eigenvalue weighted by Crippen LogP contribution is 2.40. The first-order chi connectivity index (χ1) is 16.0. The summed E-state index contributed by atoms with van der Waals surface area (Å²) in [7, 11) is 1.67. The molecule has 0 fully saturated rings. The van der Waals surface area contributed by atoms with Crippen molar-refractivity contribution in [2.75, 3.05) is 19.2 Å². The van der Waals surface area contributed by atoms with Gasteiger partial charge in [-0.15, -0.1) is 0 Å². The Bertz CT molecular complexity index is 1230. The first-order valence-corrected chi connectivity index (χ1v) is 11.3. The van der Waals surface area contributed by atoms with Crippen molar-refractivity contribution in [2.45, 2.75) is 59.6 Å². The largest absolute Gasteiger partial charge is 0.453 e. The van der Waals surface area contributed by atoms with Crippen LogP contribution in [0.25, 0.3) is 22.2 Å². The van der Waals surface area contributed by atoms with Crippen molar-refractivity contribution in [1.29, 1.82) is 0 Å². The van der Waals surface area contributed by atoms with Crippen molar-refractivity contribution < 1.29 is 23.4 Å². The van der Waals surface area contributed by atoms with E-state index >= 15 is 4.39 Å². The fourth-order valence-electron chi connectivity index (χ4n) is 3.75. The third-order valence-corrected chi connectivity index (χ3v) is 5.80. The molecule has 1 aliphatic heterocycles. The lowest BCUT2D eigenvalue weighted by Crippen LogP contribution is -2.25. The van der Waals surface area contributed by atoms with Crippen LogP contribution >= 0.6 is 0 Å². The maximum atomic E-state index is 15.1. The number of anilines is 1. The second-order valence-corrected chi connectivity index (χ2v) is 10.3. The van der Waals surface area contributed by atoms with Crippen LogP contribution in [0.5, 0.6) is 11.5 Å². The van der Waals surface area contributed by atoms with Gasteiger partial charge in [0.05, 0.1) is 11.0 Å². The molecular formula is C25H31FN4O4. The molecule has 1 aliphatic rings. The highest BCUT2D eigenvalue weighted by molar-refractivity contribution is 6.00. The van der Waals surface area contributed by atoms with Crippen LogP contribution in [0.2, 0.25) is 0 Å². The summed E-state index contributed by atoms with van der Waals surface area (Å²) >= 11 is 0. The number of methoxy groups -OCH3 is 1. The van der Waals surface area contributed by atoms with Gasteiger partial charge >= 0.3 is 0 Å². The number of pyridine rings is 1. The number of aryl methyl sites for hydroxylation is 1. The van der Waals surface area contributed by atoms with E-state index in [9.17, 15) is 4.79 Å². The molecule has 2 aromatic heterocycles. The van der Waals surface area contributed by atoms with Crippen molar-refractivity contribution in [2.24, 2.45) is 5.41 Å². The lowest BCUT2D eigenvalue weighted by atomic mass is 9.92. The second-order valence-electron chi connectivity index (χ2n) is 10.3. The summed E-state index contributed by atoms with van der Waals surface area (Å²) in [5, 5.41) is 8.20. The van der Waals surface area contributed by atoms with Gasteiger partial charge in [0, 0.05) is 37.4 Å². The van der Waals surface area contributed by atoms with Crippen LogP contribution in [0.1, 0.15) is 47.5 Å². The molecule has 0 atom stereocenters. The van der Waals surface area contributed by atoms with Gasteiger partial charge in [-0.3, -0.25) is 4.79 Å². The Morgan fingerprint density at radius 2 is 2.00 bits per heavy atom. The van der Waals surface area contributed by atoms with E-state index in [1.54, 1.807) is 36.2 Å². The van der Waals surface area contributed by atoms with Crippen molar-refractivity contribution in [3.05, 3.63) is 30.2 Å². The van der Waals surface area contributed by atoms with Crippen molar-refractivity contribution in [1.82, 2.24) is 14.8 Å². The Morgan fingerprint density at radius 3 is 2.71 bits per heavy atom. The fraction of sp³-hybridized carbons (Fsp3) is 0.480. The predicted octanol–water partition coefficient (Wildman–Crippen LogP) is 5.16. The molecule has 4 rings (SSSR count). The zero-order chi connectivity index (χ0) is 24.7.